The Labute approximate surface area is 128 Å². The standard InChI is InChI=1S/C15H11BrClNO2/c1-18-12-7-4-10(8-13(12)20-15(18)19)14(17)9-2-5-11(16)6-3-9/h2-8,14H,1H3. The lowest BCUT2D eigenvalue weighted by Crippen LogP contribution is -2.08. The van der Waals surface area contributed by atoms with Crippen LogP contribution in [0.2, 0.25) is 0 Å². The Morgan fingerprint density at radius 1 is 1.15 bits per heavy atom. The van der Waals surface area contributed by atoms with Crippen LogP contribution in [-0.4, -0.2) is 4.57 Å². The number of alkyl halides is 1. The van der Waals surface area contributed by atoms with Crippen molar-refractivity contribution in [1.29, 1.82) is 0 Å². The average Bonchev–Trinajstić information content (AvgIpc) is 2.74. The predicted molar refractivity (Wildman–Crippen MR) is 83.3 cm³/mol. The maximum absolute atomic E-state index is 11.5. The number of nitrogens with zero attached hydrogens (tertiary/aromatic N) is 1. The Hall–Kier alpha value is -1.52. The molecule has 0 N–H and O–H groups in total. The molecule has 0 amide bonds. The van der Waals surface area contributed by atoms with Crippen LogP contribution in [0.3, 0.4) is 0 Å². The Kier molecular flexibility index (Phi) is 3.44. The van der Waals surface area contributed by atoms with E-state index in [4.69, 9.17) is 16.0 Å². The zero-order valence-electron chi connectivity index (χ0n) is 10.6. The monoisotopic (exact) mass is 351 g/mol. The van der Waals surface area contributed by atoms with Gasteiger partial charge in [-0.3, -0.25) is 4.57 Å². The molecular formula is C15H11BrClNO2. The first-order chi connectivity index (χ1) is 9.56. The fourth-order valence-electron chi connectivity index (χ4n) is 2.13. The van der Waals surface area contributed by atoms with E-state index in [9.17, 15) is 4.79 Å². The van der Waals surface area contributed by atoms with Crippen molar-refractivity contribution in [2.75, 3.05) is 0 Å². The Morgan fingerprint density at radius 2 is 1.80 bits per heavy atom. The van der Waals surface area contributed by atoms with E-state index < -0.39 is 0 Å². The third-order valence-electron chi connectivity index (χ3n) is 3.27. The molecule has 3 aromatic rings. The molecule has 0 aliphatic rings. The molecule has 3 rings (SSSR count). The lowest BCUT2D eigenvalue weighted by atomic mass is 10.0. The van der Waals surface area contributed by atoms with Crippen LogP contribution in [0.15, 0.2) is 56.1 Å². The van der Waals surface area contributed by atoms with E-state index in [2.05, 4.69) is 15.9 Å². The van der Waals surface area contributed by atoms with Gasteiger partial charge in [0, 0.05) is 11.5 Å². The highest BCUT2D eigenvalue weighted by atomic mass is 79.9. The lowest BCUT2D eigenvalue weighted by Gasteiger charge is -2.10. The fraction of sp³-hybridized carbons (Fsp3) is 0.133. The van der Waals surface area contributed by atoms with Crippen molar-refractivity contribution in [3.8, 4) is 0 Å². The van der Waals surface area contributed by atoms with Crippen molar-refractivity contribution in [2.24, 2.45) is 7.05 Å². The summed E-state index contributed by atoms with van der Waals surface area (Å²) in [5.41, 5.74) is 3.21. The molecule has 20 heavy (non-hydrogen) atoms. The van der Waals surface area contributed by atoms with Crippen molar-refractivity contribution in [3.05, 3.63) is 68.6 Å². The molecule has 0 fully saturated rings. The number of aryl methyl sites for hydroxylation is 1. The van der Waals surface area contributed by atoms with E-state index in [1.54, 1.807) is 7.05 Å². The number of halogens is 2. The molecule has 1 atom stereocenters. The van der Waals surface area contributed by atoms with E-state index in [1.807, 2.05) is 42.5 Å². The highest BCUT2D eigenvalue weighted by molar-refractivity contribution is 9.10. The maximum atomic E-state index is 11.5. The summed E-state index contributed by atoms with van der Waals surface area (Å²) in [4.78, 5) is 11.5. The summed E-state index contributed by atoms with van der Waals surface area (Å²) in [7, 11) is 1.68. The molecular weight excluding hydrogens is 342 g/mol. The first-order valence-corrected chi connectivity index (χ1v) is 7.28. The molecule has 102 valence electrons. The summed E-state index contributed by atoms with van der Waals surface area (Å²) in [5.74, 6) is -0.369. The van der Waals surface area contributed by atoms with Crippen LogP contribution in [0.5, 0.6) is 0 Å². The summed E-state index contributed by atoms with van der Waals surface area (Å²) in [6.45, 7) is 0. The topological polar surface area (TPSA) is 35.1 Å². The van der Waals surface area contributed by atoms with Gasteiger partial charge < -0.3 is 4.42 Å². The molecule has 1 heterocycles. The van der Waals surface area contributed by atoms with Gasteiger partial charge in [-0.1, -0.05) is 34.1 Å². The van der Waals surface area contributed by atoms with Crippen LogP contribution < -0.4 is 5.76 Å². The van der Waals surface area contributed by atoms with Gasteiger partial charge in [0.1, 0.15) is 0 Å². The summed E-state index contributed by atoms with van der Waals surface area (Å²) in [5, 5.41) is -0.280. The molecule has 0 radical (unpaired) electrons. The highest BCUT2D eigenvalue weighted by Crippen LogP contribution is 2.31. The van der Waals surface area contributed by atoms with Crippen LogP contribution in [0.25, 0.3) is 11.1 Å². The smallest absolute Gasteiger partial charge is 0.408 e. The largest absolute Gasteiger partial charge is 0.419 e. The minimum atomic E-state index is -0.369. The number of fused-ring (bicyclic) bond motifs is 1. The van der Waals surface area contributed by atoms with Crippen LogP contribution in [0.1, 0.15) is 16.5 Å². The number of rotatable bonds is 2. The van der Waals surface area contributed by atoms with Gasteiger partial charge in [-0.15, -0.1) is 11.6 Å². The molecule has 5 heteroatoms. The normalized spacial score (nSPS) is 12.8. The molecule has 0 spiro atoms. The van der Waals surface area contributed by atoms with Gasteiger partial charge in [0.15, 0.2) is 5.58 Å². The quantitative estimate of drug-likeness (QED) is 0.647. The number of oxazole rings is 1. The summed E-state index contributed by atoms with van der Waals surface area (Å²) in [6, 6.07) is 13.4. The zero-order chi connectivity index (χ0) is 14.3. The molecule has 0 aliphatic carbocycles. The van der Waals surface area contributed by atoms with Crippen molar-refractivity contribution in [1.82, 2.24) is 4.57 Å². The molecule has 0 aliphatic heterocycles. The molecule has 3 nitrogen and oxygen atoms in total. The first-order valence-electron chi connectivity index (χ1n) is 6.05. The Balaban J connectivity index is 2.05. The Bertz CT molecular complexity index is 820. The second-order valence-corrected chi connectivity index (χ2v) is 5.92. The van der Waals surface area contributed by atoms with E-state index in [0.29, 0.717) is 5.58 Å². The summed E-state index contributed by atoms with van der Waals surface area (Å²) in [6.07, 6.45) is 0. The van der Waals surface area contributed by atoms with Gasteiger partial charge in [0.05, 0.1) is 10.9 Å². The minimum absolute atomic E-state index is 0.280. The average molecular weight is 353 g/mol. The fourth-order valence-corrected chi connectivity index (χ4v) is 2.68. The first kappa shape index (κ1) is 13.5. The van der Waals surface area contributed by atoms with Crippen molar-refractivity contribution in [3.63, 3.8) is 0 Å². The maximum Gasteiger partial charge on any atom is 0.419 e. The number of aromatic nitrogens is 1. The molecule has 1 aromatic heterocycles. The molecule has 2 aromatic carbocycles. The number of benzene rings is 2. The molecule has 0 bridgehead atoms. The highest BCUT2D eigenvalue weighted by Gasteiger charge is 2.13. The SMILES string of the molecule is Cn1c(=O)oc2cc(C(Cl)c3ccc(Br)cc3)ccc21. The minimum Gasteiger partial charge on any atom is -0.408 e. The van der Waals surface area contributed by atoms with Crippen molar-refractivity contribution >= 4 is 38.6 Å². The van der Waals surface area contributed by atoms with Gasteiger partial charge in [0.2, 0.25) is 0 Å². The van der Waals surface area contributed by atoms with Crippen LogP contribution in [0.4, 0.5) is 0 Å². The lowest BCUT2D eigenvalue weighted by molar-refractivity contribution is 0.528. The van der Waals surface area contributed by atoms with Crippen LogP contribution in [0, 0.1) is 0 Å². The summed E-state index contributed by atoms with van der Waals surface area (Å²) < 4.78 is 7.67. The molecule has 0 saturated carbocycles. The van der Waals surface area contributed by atoms with Crippen molar-refractivity contribution < 1.29 is 4.42 Å². The van der Waals surface area contributed by atoms with Crippen molar-refractivity contribution in [2.45, 2.75) is 5.38 Å². The second-order valence-electron chi connectivity index (χ2n) is 4.57. The molecule has 0 saturated heterocycles. The van der Waals surface area contributed by atoms with E-state index in [1.165, 1.54) is 4.57 Å². The van der Waals surface area contributed by atoms with E-state index in [-0.39, 0.29) is 11.1 Å². The summed E-state index contributed by atoms with van der Waals surface area (Å²) >= 11 is 9.89. The Morgan fingerprint density at radius 3 is 2.50 bits per heavy atom. The third kappa shape index (κ3) is 2.30. The second kappa shape index (κ2) is 5.11. The van der Waals surface area contributed by atoms with E-state index in [0.717, 1.165) is 21.1 Å². The van der Waals surface area contributed by atoms with Gasteiger partial charge in [-0.25, -0.2) is 4.79 Å². The van der Waals surface area contributed by atoms with Gasteiger partial charge in [-0.2, -0.15) is 0 Å². The number of hydrogen-bond donors (Lipinski definition) is 0. The predicted octanol–water partition coefficient (Wildman–Crippen LogP) is 4.22. The third-order valence-corrected chi connectivity index (χ3v) is 4.30. The zero-order valence-corrected chi connectivity index (χ0v) is 13.0. The van der Waals surface area contributed by atoms with E-state index >= 15 is 0 Å². The van der Waals surface area contributed by atoms with Gasteiger partial charge in [0.25, 0.3) is 0 Å². The van der Waals surface area contributed by atoms with Gasteiger partial charge >= 0.3 is 5.76 Å². The van der Waals surface area contributed by atoms with Gasteiger partial charge in [-0.05, 0) is 35.4 Å². The van der Waals surface area contributed by atoms with Crippen LogP contribution in [-0.2, 0) is 7.05 Å². The van der Waals surface area contributed by atoms with Crippen LogP contribution >= 0.6 is 27.5 Å². The number of hydrogen-bond acceptors (Lipinski definition) is 2. The molecule has 1 unspecified atom stereocenters.